The molecule has 2 aromatic heterocycles. The summed E-state index contributed by atoms with van der Waals surface area (Å²) in [5.74, 6) is 1.45. The van der Waals surface area contributed by atoms with E-state index in [0.717, 1.165) is 61.0 Å². The molecule has 0 bridgehead atoms. The normalized spacial score (nSPS) is 18.4. The highest BCUT2D eigenvalue weighted by molar-refractivity contribution is 7.19. The maximum atomic E-state index is 12.4. The summed E-state index contributed by atoms with van der Waals surface area (Å²) in [7, 11) is 1.94. The SMILES string of the molecule is CCOC(=O)[C@H](C)N(C)c1nc(CN2CCOCC2)nc2sc3c(c12)CCCC3. The molecule has 0 N–H and O–H groups in total. The van der Waals surface area contributed by atoms with Crippen molar-refractivity contribution in [2.24, 2.45) is 0 Å². The van der Waals surface area contributed by atoms with Gasteiger partial charge in [-0.1, -0.05) is 0 Å². The largest absolute Gasteiger partial charge is 0.464 e. The van der Waals surface area contributed by atoms with E-state index in [4.69, 9.17) is 19.4 Å². The van der Waals surface area contributed by atoms with Gasteiger partial charge in [-0.05, 0) is 45.1 Å². The number of thiophene rings is 1. The minimum Gasteiger partial charge on any atom is -0.464 e. The highest BCUT2D eigenvalue weighted by Crippen LogP contribution is 2.40. The van der Waals surface area contributed by atoms with Crippen LogP contribution in [0.25, 0.3) is 10.2 Å². The van der Waals surface area contributed by atoms with E-state index in [-0.39, 0.29) is 5.97 Å². The predicted octanol–water partition coefficient (Wildman–Crippen LogP) is 2.79. The van der Waals surface area contributed by atoms with Crippen molar-refractivity contribution >= 4 is 33.3 Å². The van der Waals surface area contributed by atoms with Crippen molar-refractivity contribution in [2.75, 3.05) is 44.9 Å². The van der Waals surface area contributed by atoms with Crippen LogP contribution in [-0.4, -0.2) is 66.8 Å². The second-order valence-corrected chi connectivity index (χ2v) is 8.87. The first-order valence-electron chi connectivity index (χ1n) is 10.6. The van der Waals surface area contributed by atoms with E-state index in [1.807, 2.05) is 25.8 Å². The van der Waals surface area contributed by atoms with Crippen molar-refractivity contribution < 1.29 is 14.3 Å². The van der Waals surface area contributed by atoms with Crippen LogP contribution >= 0.6 is 11.3 Å². The van der Waals surface area contributed by atoms with Crippen molar-refractivity contribution in [1.29, 1.82) is 0 Å². The quantitative estimate of drug-likeness (QED) is 0.668. The van der Waals surface area contributed by atoms with Crippen molar-refractivity contribution in [1.82, 2.24) is 14.9 Å². The van der Waals surface area contributed by atoms with Crippen LogP contribution in [0.15, 0.2) is 0 Å². The number of morpholine rings is 1. The topological polar surface area (TPSA) is 67.8 Å². The molecule has 1 aliphatic carbocycles. The number of rotatable bonds is 6. The molecule has 1 fully saturated rings. The Morgan fingerprint density at radius 2 is 2.03 bits per heavy atom. The minimum atomic E-state index is -0.400. The number of ether oxygens (including phenoxy) is 2. The van der Waals surface area contributed by atoms with Gasteiger partial charge in [0.25, 0.3) is 0 Å². The Kier molecular flexibility index (Phi) is 6.32. The van der Waals surface area contributed by atoms with Gasteiger partial charge in [0.1, 0.15) is 22.5 Å². The summed E-state index contributed by atoms with van der Waals surface area (Å²) in [5, 5.41) is 1.13. The third kappa shape index (κ3) is 4.25. The van der Waals surface area contributed by atoms with E-state index in [9.17, 15) is 4.79 Å². The molecule has 0 aromatic carbocycles. The number of nitrogens with zero attached hydrogens (tertiary/aromatic N) is 4. The second-order valence-electron chi connectivity index (χ2n) is 7.78. The first-order chi connectivity index (χ1) is 14.1. The summed E-state index contributed by atoms with van der Waals surface area (Å²) in [6.07, 6.45) is 4.62. The third-order valence-electron chi connectivity index (χ3n) is 5.85. The zero-order chi connectivity index (χ0) is 20.4. The second kappa shape index (κ2) is 8.93. The zero-order valence-electron chi connectivity index (χ0n) is 17.6. The standard InChI is InChI=1S/C21H30N4O3S/c1-4-28-21(26)14(2)24(3)19-18-15-7-5-6-8-16(15)29-20(18)23-17(22-19)13-25-9-11-27-12-10-25/h14H,4-13H2,1-3H3/t14-/m0/s1. The molecule has 8 heteroatoms. The lowest BCUT2D eigenvalue weighted by molar-refractivity contribution is -0.144. The number of carbonyl (C=O) groups excluding carboxylic acids is 1. The lowest BCUT2D eigenvalue weighted by atomic mass is 9.97. The molecule has 158 valence electrons. The van der Waals surface area contributed by atoms with Crippen molar-refractivity contribution in [3.05, 3.63) is 16.3 Å². The number of carbonyl (C=O) groups is 1. The van der Waals surface area contributed by atoms with E-state index in [1.54, 1.807) is 11.3 Å². The molecule has 0 spiro atoms. The van der Waals surface area contributed by atoms with Crippen molar-refractivity contribution in [3.63, 3.8) is 0 Å². The van der Waals surface area contributed by atoms with E-state index >= 15 is 0 Å². The molecule has 1 atom stereocenters. The summed E-state index contributed by atoms with van der Waals surface area (Å²) >= 11 is 1.80. The molecule has 2 aliphatic rings. The lowest BCUT2D eigenvalue weighted by Gasteiger charge is -2.28. The first kappa shape index (κ1) is 20.5. The van der Waals surface area contributed by atoms with Gasteiger partial charge < -0.3 is 14.4 Å². The number of likely N-dealkylation sites (N-methyl/N-ethyl adjacent to an activating group) is 1. The van der Waals surface area contributed by atoms with E-state index < -0.39 is 6.04 Å². The monoisotopic (exact) mass is 418 g/mol. The van der Waals surface area contributed by atoms with Gasteiger partial charge in [-0.2, -0.15) is 0 Å². The van der Waals surface area contributed by atoms with E-state index in [0.29, 0.717) is 13.2 Å². The summed E-state index contributed by atoms with van der Waals surface area (Å²) in [6.45, 7) is 8.10. The van der Waals surface area contributed by atoms with Gasteiger partial charge in [0.15, 0.2) is 0 Å². The van der Waals surface area contributed by atoms with Crippen LogP contribution in [0.1, 0.15) is 43.0 Å². The number of aryl methyl sites for hydroxylation is 2. The van der Waals surface area contributed by atoms with Crippen LogP contribution in [0.2, 0.25) is 0 Å². The Labute approximate surface area is 176 Å². The Hall–Kier alpha value is -1.77. The number of esters is 1. The number of hydrogen-bond donors (Lipinski definition) is 0. The van der Waals surface area contributed by atoms with Gasteiger partial charge in [-0.25, -0.2) is 14.8 Å². The van der Waals surface area contributed by atoms with Gasteiger partial charge in [0, 0.05) is 25.0 Å². The highest BCUT2D eigenvalue weighted by atomic mass is 32.1. The van der Waals surface area contributed by atoms with Crippen LogP contribution in [-0.2, 0) is 33.7 Å². The molecule has 0 radical (unpaired) electrons. The maximum absolute atomic E-state index is 12.4. The first-order valence-corrected chi connectivity index (χ1v) is 11.4. The Morgan fingerprint density at radius 3 is 2.79 bits per heavy atom. The average molecular weight is 419 g/mol. The number of aromatic nitrogens is 2. The fourth-order valence-electron chi connectivity index (χ4n) is 4.07. The molecule has 29 heavy (non-hydrogen) atoms. The predicted molar refractivity (Wildman–Crippen MR) is 115 cm³/mol. The lowest BCUT2D eigenvalue weighted by Crippen LogP contribution is -2.39. The smallest absolute Gasteiger partial charge is 0.328 e. The van der Waals surface area contributed by atoms with E-state index in [2.05, 4.69) is 4.90 Å². The molecule has 1 aliphatic heterocycles. The summed E-state index contributed by atoms with van der Waals surface area (Å²) < 4.78 is 10.7. The summed E-state index contributed by atoms with van der Waals surface area (Å²) in [4.78, 5) is 29.1. The number of fused-ring (bicyclic) bond motifs is 3. The Morgan fingerprint density at radius 1 is 1.28 bits per heavy atom. The van der Waals surface area contributed by atoms with Crippen LogP contribution in [0, 0.1) is 0 Å². The van der Waals surface area contributed by atoms with Crippen LogP contribution < -0.4 is 4.90 Å². The van der Waals surface area contributed by atoms with Gasteiger partial charge in [0.05, 0.1) is 31.8 Å². The zero-order valence-corrected chi connectivity index (χ0v) is 18.4. The molecule has 0 unspecified atom stereocenters. The van der Waals surface area contributed by atoms with Crippen molar-refractivity contribution in [3.8, 4) is 0 Å². The van der Waals surface area contributed by atoms with E-state index in [1.165, 1.54) is 23.3 Å². The fraction of sp³-hybridized carbons (Fsp3) is 0.667. The van der Waals surface area contributed by atoms with Gasteiger partial charge >= 0.3 is 5.97 Å². The van der Waals surface area contributed by atoms with Crippen LogP contribution in [0.5, 0.6) is 0 Å². The van der Waals surface area contributed by atoms with Gasteiger partial charge in [-0.15, -0.1) is 11.3 Å². The Balaban J connectivity index is 1.74. The van der Waals surface area contributed by atoms with Gasteiger partial charge in [-0.3, -0.25) is 4.90 Å². The van der Waals surface area contributed by atoms with Crippen molar-refractivity contribution in [2.45, 2.75) is 52.1 Å². The summed E-state index contributed by atoms with van der Waals surface area (Å²) in [5.41, 5.74) is 1.38. The minimum absolute atomic E-state index is 0.222. The van der Waals surface area contributed by atoms with Gasteiger partial charge in [0.2, 0.25) is 0 Å². The fourth-order valence-corrected chi connectivity index (χ4v) is 5.35. The van der Waals surface area contributed by atoms with Crippen LogP contribution in [0.3, 0.4) is 0 Å². The summed E-state index contributed by atoms with van der Waals surface area (Å²) in [6, 6.07) is -0.400. The molecular formula is C21H30N4O3S. The molecule has 0 saturated carbocycles. The Bertz CT molecular complexity index is 878. The molecule has 0 amide bonds. The molecule has 2 aromatic rings. The highest BCUT2D eigenvalue weighted by Gasteiger charge is 2.27. The molecule has 7 nitrogen and oxygen atoms in total. The van der Waals surface area contributed by atoms with Crippen LogP contribution in [0.4, 0.5) is 5.82 Å². The molecule has 3 heterocycles. The number of anilines is 1. The maximum Gasteiger partial charge on any atom is 0.328 e. The average Bonchev–Trinajstić information content (AvgIpc) is 3.11. The molecular weight excluding hydrogens is 388 g/mol. The molecule has 1 saturated heterocycles. The molecule has 4 rings (SSSR count). The number of hydrogen-bond acceptors (Lipinski definition) is 8. The third-order valence-corrected chi connectivity index (χ3v) is 7.04.